The van der Waals surface area contributed by atoms with Gasteiger partial charge in [-0.3, -0.25) is 0 Å². The van der Waals surface area contributed by atoms with Gasteiger partial charge in [-0.25, -0.2) is 0 Å². The highest BCUT2D eigenvalue weighted by atomic mass is 127. The Morgan fingerprint density at radius 3 is 2.32 bits per heavy atom. The molecule has 5 rings (SSSR count). The van der Waals surface area contributed by atoms with E-state index in [1.807, 2.05) is 12.1 Å². The van der Waals surface area contributed by atoms with E-state index in [-0.39, 0.29) is 0 Å². The molecule has 0 atom stereocenters. The smallest absolute Gasteiger partial charge is 0.143 e. The second-order valence-electron chi connectivity index (χ2n) is 5.57. The van der Waals surface area contributed by atoms with E-state index in [1.54, 1.807) is 0 Å². The van der Waals surface area contributed by atoms with Crippen LogP contribution in [0, 0.1) is 3.57 Å². The topological polar surface area (TPSA) is 13.1 Å². The highest BCUT2D eigenvalue weighted by molar-refractivity contribution is 14.1. The molecule has 1 heterocycles. The molecule has 0 fully saturated rings. The van der Waals surface area contributed by atoms with E-state index in [1.165, 1.54) is 35.9 Å². The number of benzene rings is 4. The third-order valence-electron chi connectivity index (χ3n) is 4.32. The van der Waals surface area contributed by atoms with Gasteiger partial charge < -0.3 is 4.42 Å². The molecule has 0 amide bonds. The monoisotopic (exact) mass is 394 g/mol. The van der Waals surface area contributed by atoms with Crippen molar-refractivity contribution in [3.8, 4) is 0 Å². The number of halogens is 1. The first kappa shape index (κ1) is 12.5. The van der Waals surface area contributed by atoms with Gasteiger partial charge >= 0.3 is 0 Å². The van der Waals surface area contributed by atoms with Gasteiger partial charge in [0.05, 0.1) is 0 Å². The zero-order chi connectivity index (χ0) is 14.7. The van der Waals surface area contributed by atoms with Crippen molar-refractivity contribution in [2.75, 3.05) is 0 Å². The maximum absolute atomic E-state index is 6.14. The molecule has 22 heavy (non-hydrogen) atoms. The second-order valence-corrected chi connectivity index (χ2v) is 6.81. The summed E-state index contributed by atoms with van der Waals surface area (Å²) in [4.78, 5) is 0. The predicted octanol–water partition coefficient (Wildman–Crippen LogP) is 6.50. The first-order valence-corrected chi connectivity index (χ1v) is 8.31. The molecule has 0 aliphatic carbocycles. The van der Waals surface area contributed by atoms with Crippen molar-refractivity contribution < 1.29 is 4.42 Å². The van der Waals surface area contributed by atoms with Crippen LogP contribution in [0.2, 0.25) is 0 Å². The highest BCUT2D eigenvalue weighted by Crippen LogP contribution is 2.36. The van der Waals surface area contributed by atoms with Crippen molar-refractivity contribution in [1.82, 2.24) is 0 Å². The maximum Gasteiger partial charge on any atom is 0.143 e. The zero-order valence-corrected chi connectivity index (χ0v) is 13.8. The van der Waals surface area contributed by atoms with E-state index in [9.17, 15) is 0 Å². The summed E-state index contributed by atoms with van der Waals surface area (Å²) in [7, 11) is 0. The van der Waals surface area contributed by atoms with Crippen LogP contribution in [0.1, 0.15) is 0 Å². The molecule has 104 valence electrons. The minimum atomic E-state index is 0.952. The minimum absolute atomic E-state index is 0.952. The first-order chi connectivity index (χ1) is 10.8. The summed E-state index contributed by atoms with van der Waals surface area (Å²) in [6, 6.07) is 23.6. The Morgan fingerprint density at radius 1 is 0.636 bits per heavy atom. The lowest BCUT2D eigenvalue weighted by molar-refractivity contribution is 0.672. The Labute approximate surface area is 140 Å². The van der Waals surface area contributed by atoms with Crippen molar-refractivity contribution in [2.45, 2.75) is 0 Å². The average molecular weight is 394 g/mol. The summed E-state index contributed by atoms with van der Waals surface area (Å²) in [6.45, 7) is 0. The molecule has 0 radical (unpaired) electrons. The van der Waals surface area contributed by atoms with Gasteiger partial charge in [0.25, 0.3) is 0 Å². The standard InChI is InChI=1S/C20H11IO/c21-13-6-8-14-12(11-13)5-7-17-15(14)9-10-18-16-3-1-2-4-19(16)22-20(17)18/h1-11H. The maximum atomic E-state index is 6.14. The normalized spacial score (nSPS) is 11.9. The third kappa shape index (κ3) is 1.64. The van der Waals surface area contributed by atoms with Crippen LogP contribution < -0.4 is 0 Å². The fourth-order valence-corrected chi connectivity index (χ4v) is 3.82. The molecule has 0 unspecified atom stereocenters. The van der Waals surface area contributed by atoms with E-state index in [0.29, 0.717) is 0 Å². The van der Waals surface area contributed by atoms with Gasteiger partial charge in [0.2, 0.25) is 0 Å². The molecule has 4 aromatic carbocycles. The van der Waals surface area contributed by atoms with E-state index in [4.69, 9.17) is 4.42 Å². The van der Waals surface area contributed by atoms with Gasteiger partial charge in [-0.2, -0.15) is 0 Å². The van der Waals surface area contributed by atoms with E-state index >= 15 is 0 Å². The summed E-state index contributed by atoms with van der Waals surface area (Å²) in [5, 5.41) is 7.35. The average Bonchev–Trinajstić information content (AvgIpc) is 2.93. The van der Waals surface area contributed by atoms with Crippen molar-refractivity contribution in [2.24, 2.45) is 0 Å². The quantitative estimate of drug-likeness (QED) is 0.216. The summed E-state index contributed by atoms with van der Waals surface area (Å²) in [5.41, 5.74) is 1.94. The fourth-order valence-electron chi connectivity index (χ4n) is 3.30. The van der Waals surface area contributed by atoms with Gasteiger partial charge in [-0.1, -0.05) is 36.4 Å². The number of hydrogen-bond acceptors (Lipinski definition) is 1. The number of hydrogen-bond donors (Lipinski definition) is 0. The molecular weight excluding hydrogens is 383 g/mol. The molecular formula is C20H11IO. The van der Waals surface area contributed by atoms with Crippen LogP contribution >= 0.6 is 22.6 Å². The SMILES string of the molecule is Ic1ccc2c(ccc3c2ccc2c4ccccc4oc23)c1. The number of furan rings is 1. The van der Waals surface area contributed by atoms with Crippen LogP contribution in [0.5, 0.6) is 0 Å². The Morgan fingerprint density at radius 2 is 1.36 bits per heavy atom. The van der Waals surface area contributed by atoms with Crippen molar-refractivity contribution in [3.05, 3.63) is 70.3 Å². The number of fused-ring (bicyclic) bond motifs is 7. The van der Waals surface area contributed by atoms with Gasteiger partial charge in [-0.05, 0) is 69.1 Å². The van der Waals surface area contributed by atoms with Gasteiger partial charge in [0.1, 0.15) is 11.2 Å². The van der Waals surface area contributed by atoms with Gasteiger partial charge in [0, 0.05) is 19.7 Å². The van der Waals surface area contributed by atoms with Gasteiger partial charge in [0.15, 0.2) is 0 Å². The van der Waals surface area contributed by atoms with E-state index < -0.39 is 0 Å². The molecule has 0 bridgehead atoms. The number of para-hydroxylation sites is 1. The molecule has 0 aliphatic heterocycles. The molecule has 5 aromatic rings. The largest absolute Gasteiger partial charge is 0.455 e. The lowest BCUT2D eigenvalue weighted by Gasteiger charge is -2.05. The Balaban J connectivity index is 2.02. The predicted molar refractivity (Wildman–Crippen MR) is 101 cm³/mol. The Bertz CT molecular complexity index is 1180. The van der Waals surface area contributed by atoms with Crippen LogP contribution in [0.3, 0.4) is 0 Å². The minimum Gasteiger partial charge on any atom is -0.455 e. The lowest BCUT2D eigenvalue weighted by Crippen LogP contribution is -1.80. The molecule has 1 aromatic heterocycles. The van der Waals surface area contributed by atoms with E-state index in [2.05, 4.69) is 77.2 Å². The molecule has 0 saturated heterocycles. The van der Waals surface area contributed by atoms with Crippen LogP contribution in [0.15, 0.2) is 71.1 Å². The molecule has 0 N–H and O–H groups in total. The summed E-state index contributed by atoms with van der Waals surface area (Å²) < 4.78 is 7.40. The van der Waals surface area contributed by atoms with Crippen molar-refractivity contribution >= 4 is 66.1 Å². The summed E-state index contributed by atoms with van der Waals surface area (Å²) in [5.74, 6) is 0. The number of rotatable bonds is 0. The van der Waals surface area contributed by atoms with Crippen molar-refractivity contribution in [3.63, 3.8) is 0 Å². The summed E-state index contributed by atoms with van der Waals surface area (Å²) >= 11 is 2.36. The fraction of sp³-hybridized carbons (Fsp3) is 0. The van der Waals surface area contributed by atoms with Gasteiger partial charge in [-0.15, -0.1) is 0 Å². The first-order valence-electron chi connectivity index (χ1n) is 7.23. The molecule has 0 saturated carbocycles. The Kier molecular flexibility index (Phi) is 2.53. The van der Waals surface area contributed by atoms with Crippen LogP contribution in [-0.4, -0.2) is 0 Å². The Hall–Kier alpha value is -2.07. The third-order valence-corrected chi connectivity index (χ3v) is 4.99. The molecule has 0 aliphatic rings. The summed E-state index contributed by atoms with van der Waals surface area (Å²) in [6.07, 6.45) is 0. The van der Waals surface area contributed by atoms with Crippen LogP contribution in [-0.2, 0) is 0 Å². The lowest BCUT2D eigenvalue weighted by atomic mass is 10.00. The van der Waals surface area contributed by atoms with Crippen LogP contribution in [0.4, 0.5) is 0 Å². The van der Waals surface area contributed by atoms with E-state index in [0.717, 1.165) is 11.2 Å². The second kappa shape index (κ2) is 4.46. The van der Waals surface area contributed by atoms with Crippen LogP contribution in [0.25, 0.3) is 43.5 Å². The zero-order valence-electron chi connectivity index (χ0n) is 11.6. The molecule has 0 spiro atoms. The molecule has 1 nitrogen and oxygen atoms in total. The molecule has 2 heteroatoms. The van der Waals surface area contributed by atoms with Crippen molar-refractivity contribution in [1.29, 1.82) is 0 Å². The highest BCUT2D eigenvalue weighted by Gasteiger charge is 2.11.